The topological polar surface area (TPSA) is 21.3 Å². The molecule has 2 nitrogen and oxygen atoms in total. The summed E-state index contributed by atoms with van der Waals surface area (Å²) >= 11 is 0. The Balaban J connectivity index is 1.90. The summed E-state index contributed by atoms with van der Waals surface area (Å²) in [6.45, 7) is 11.3. The van der Waals surface area contributed by atoms with Gasteiger partial charge in [-0.1, -0.05) is 33.6 Å². The highest BCUT2D eigenvalue weighted by atomic mass is 16.5. The van der Waals surface area contributed by atoms with E-state index in [0.29, 0.717) is 5.41 Å². The van der Waals surface area contributed by atoms with Crippen molar-refractivity contribution < 1.29 is 4.74 Å². The molecule has 0 radical (unpaired) electrons. The van der Waals surface area contributed by atoms with Crippen LogP contribution in [0.25, 0.3) is 0 Å². The summed E-state index contributed by atoms with van der Waals surface area (Å²) in [4.78, 5) is 0. The van der Waals surface area contributed by atoms with Gasteiger partial charge in [-0.25, -0.2) is 0 Å². The average molecular weight is 241 g/mol. The van der Waals surface area contributed by atoms with Crippen molar-refractivity contribution in [2.24, 2.45) is 11.3 Å². The van der Waals surface area contributed by atoms with E-state index in [-0.39, 0.29) is 0 Å². The van der Waals surface area contributed by atoms with Crippen LogP contribution in [-0.4, -0.2) is 26.3 Å². The van der Waals surface area contributed by atoms with Crippen molar-refractivity contribution in [1.29, 1.82) is 0 Å². The molecule has 0 bridgehead atoms. The first kappa shape index (κ1) is 15.0. The standard InChI is InChI=1S/C15H31NO/c1-4-15(2,3)13-16-10-6-5-7-14-8-11-17-12-9-14/h14,16H,4-13H2,1-3H3. The van der Waals surface area contributed by atoms with Gasteiger partial charge in [0.1, 0.15) is 0 Å². The molecule has 0 amide bonds. The van der Waals surface area contributed by atoms with Gasteiger partial charge in [0.2, 0.25) is 0 Å². The molecule has 17 heavy (non-hydrogen) atoms. The SMILES string of the molecule is CCC(C)(C)CNCCCCC1CCOCC1. The van der Waals surface area contributed by atoms with E-state index in [0.717, 1.165) is 25.7 Å². The third kappa shape index (κ3) is 7.05. The van der Waals surface area contributed by atoms with Crippen LogP contribution in [0.15, 0.2) is 0 Å². The number of rotatable bonds is 8. The molecule has 1 saturated heterocycles. The maximum absolute atomic E-state index is 5.38. The summed E-state index contributed by atoms with van der Waals surface area (Å²) in [5.74, 6) is 0.941. The smallest absolute Gasteiger partial charge is 0.0468 e. The molecular formula is C15H31NO. The molecule has 0 aliphatic carbocycles. The lowest BCUT2D eigenvalue weighted by molar-refractivity contribution is 0.0631. The molecule has 1 fully saturated rings. The van der Waals surface area contributed by atoms with Crippen molar-refractivity contribution in [1.82, 2.24) is 5.32 Å². The quantitative estimate of drug-likeness (QED) is 0.656. The molecule has 1 heterocycles. The Bertz CT molecular complexity index is 185. The Hall–Kier alpha value is -0.0800. The first-order valence-corrected chi connectivity index (χ1v) is 7.42. The Labute approximate surface area is 108 Å². The fourth-order valence-corrected chi connectivity index (χ4v) is 2.27. The predicted octanol–water partition coefficient (Wildman–Crippen LogP) is 3.61. The van der Waals surface area contributed by atoms with Gasteiger partial charge in [-0.2, -0.15) is 0 Å². The van der Waals surface area contributed by atoms with Crippen molar-refractivity contribution in [2.45, 2.75) is 59.3 Å². The highest BCUT2D eigenvalue weighted by Crippen LogP contribution is 2.21. The Morgan fingerprint density at radius 1 is 1.18 bits per heavy atom. The third-order valence-electron chi connectivity index (χ3n) is 4.12. The maximum atomic E-state index is 5.38. The molecule has 0 unspecified atom stereocenters. The molecule has 102 valence electrons. The molecule has 0 aromatic rings. The lowest BCUT2D eigenvalue weighted by atomic mass is 9.90. The lowest BCUT2D eigenvalue weighted by Gasteiger charge is -2.23. The van der Waals surface area contributed by atoms with Gasteiger partial charge >= 0.3 is 0 Å². The Kier molecular flexibility index (Phi) is 7.14. The minimum absolute atomic E-state index is 0.459. The number of hydrogen-bond donors (Lipinski definition) is 1. The zero-order chi connectivity index (χ0) is 12.6. The molecule has 1 rings (SSSR count). The minimum Gasteiger partial charge on any atom is -0.381 e. The zero-order valence-electron chi connectivity index (χ0n) is 12.1. The van der Waals surface area contributed by atoms with E-state index in [2.05, 4.69) is 26.1 Å². The predicted molar refractivity (Wildman–Crippen MR) is 74.3 cm³/mol. The van der Waals surface area contributed by atoms with Gasteiger partial charge in [0.15, 0.2) is 0 Å². The van der Waals surface area contributed by atoms with Crippen LogP contribution < -0.4 is 5.32 Å². The molecule has 0 aromatic carbocycles. The van der Waals surface area contributed by atoms with Crippen molar-refractivity contribution in [3.05, 3.63) is 0 Å². The van der Waals surface area contributed by atoms with E-state index in [1.165, 1.54) is 45.1 Å². The van der Waals surface area contributed by atoms with Crippen molar-refractivity contribution >= 4 is 0 Å². The Morgan fingerprint density at radius 2 is 1.88 bits per heavy atom. The van der Waals surface area contributed by atoms with Gasteiger partial charge in [0.25, 0.3) is 0 Å². The highest BCUT2D eigenvalue weighted by Gasteiger charge is 2.14. The van der Waals surface area contributed by atoms with Gasteiger partial charge < -0.3 is 10.1 Å². The number of unbranched alkanes of at least 4 members (excludes halogenated alkanes) is 1. The van der Waals surface area contributed by atoms with Crippen LogP contribution in [-0.2, 0) is 4.74 Å². The van der Waals surface area contributed by atoms with Crippen LogP contribution in [0.1, 0.15) is 59.3 Å². The van der Waals surface area contributed by atoms with Crippen LogP contribution in [0.3, 0.4) is 0 Å². The van der Waals surface area contributed by atoms with E-state index < -0.39 is 0 Å². The number of ether oxygens (including phenoxy) is 1. The second-order valence-corrected chi connectivity index (χ2v) is 6.25. The summed E-state index contributed by atoms with van der Waals surface area (Å²) in [5.41, 5.74) is 0.459. The summed E-state index contributed by atoms with van der Waals surface area (Å²) in [6, 6.07) is 0. The Morgan fingerprint density at radius 3 is 2.53 bits per heavy atom. The second kappa shape index (κ2) is 8.10. The summed E-state index contributed by atoms with van der Waals surface area (Å²) in [7, 11) is 0. The monoisotopic (exact) mass is 241 g/mol. The molecule has 1 aliphatic rings. The summed E-state index contributed by atoms with van der Waals surface area (Å²) < 4.78 is 5.38. The summed E-state index contributed by atoms with van der Waals surface area (Å²) in [5, 5.41) is 3.59. The fourth-order valence-electron chi connectivity index (χ4n) is 2.27. The van der Waals surface area contributed by atoms with Gasteiger partial charge in [-0.05, 0) is 43.6 Å². The van der Waals surface area contributed by atoms with Gasteiger partial charge in [-0.3, -0.25) is 0 Å². The molecule has 1 N–H and O–H groups in total. The van der Waals surface area contributed by atoms with E-state index >= 15 is 0 Å². The van der Waals surface area contributed by atoms with Crippen molar-refractivity contribution in [2.75, 3.05) is 26.3 Å². The molecule has 0 atom stereocenters. The van der Waals surface area contributed by atoms with E-state index in [1.807, 2.05) is 0 Å². The first-order valence-electron chi connectivity index (χ1n) is 7.42. The zero-order valence-corrected chi connectivity index (χ0v) is 12.1. The fraction of sp³-hybridized carbons (Fsp3) is 1.00. The van der Waals surface area contributed by atoms with Crippen LogP contribution >= 0.6 is 0 Å². The third-order valence-corrected chi connectivity index (χ3v) is 4.12. The van der Waals surface area contributed by atoms with Crippen LogP contribution in [0.4, 0.5) is 0 Å². The second-order valence-electron chi connectivity index (χ2n) is 6.25. The van der Waals surface area contributed by atoms with Gasteiger partial charge in [0.05, 0.1) is 0 Å². The molecule has 0 spiro atoms. The van der Waals surface area contributed by atoms with E-state index in [9.17, 15) is 0 Å². The van der Waals surface area contributed by atoms with Gasteiger partial charge in [0, 0.05) is 19.8 Å². The first-order chi connectivity index (χ1) is 8.14. The number of nitrogens with one attached hydrogen (secondary N) is 1. The average Bonchev–Trinajstić information content (AvgIpc) is 2.35. The van der Waals surface area contributed by atoms with E-state index in [1.54, 1.807) is 0 Å². The molecule has 0 aromatic heterocycles. The van der Waals surface area contributed by atoms with Crippen molar-refractivity contribution in [3.8, 4) is 0 Å². The van der Waals surface area contributed by atoms with Gasteiger partial charge in [-0.15, -0.1) is 0 Å². The van der Waals surface area contributed by atoms with Crippen LogP contribution in [0, 0.1) is 11.3 Å². The largest absolute Gasteiger partial charge is 0.381 e. The summed E-state index contributed by atoms with van der Waals surface area (Å²) in [6.07, 6.45) is 7.94. The lowest BCUT2D eigenvalue weighted by Crippen LogP contribution is -2.29. The number of hydrogen-bond acceptors (Lipinski definition) is 2. The maximum Gasteiger partial charge on any atom is 0.0468 e. The normalized spacial score (nSPS) is 18.5. The van der Waals surface area contributed by atoms with Crippen LogP contribution in [0.5, 0.6) is 0 Å². The minimum atomic E-state index is 0.459. The molecular weight excluding hydrogens is 210 g/mol. The van der Waals surface area contributed by atoms with Crippen LogP contribution in [0.2, 0.25) is 0 Å². The molecule has 0 saturated carbocycles. The molecule has 2 heteroatoms. The van der Waals surface area contributed by atoms with Crippen molar-refractivity contribution in [3.63, 3.8) is 0 Å². The molecule has 1 aliphatic heterocycles. The van der Waals surface area contributed by atoms with E-state index in [4.69, 9.17) is 4.74 Å². The highest BCUT2D eigenvalue weighted by molar-refractivity contribution is 4.69.